The van der Waals surface area contributed by atoms with Gasteiger partial charge in [-0.2, -0.15) is 0 Å². The van der Waals surface area contributed by atoms with E-state index < -0.39 is 6.29 Å². The molecule has 0 aliphatic carbocycles. The van der Waals surface area contributed by atoms with E-state index in [1.165, 1.54) is 5.56 Å². The summed E-state index contributed by atoms with van der Waals surface area (Å²) in [5, 5.41) is 9.31. The van der Waals surface area contributed by atoms with E-state index in [9.17, 15) is 5.11 Å². The average Bonchev–Trinajstić information content (AvgIpc) is 2.26. The van der Waals surface area contributed by atoms with Crippen molar-refractivity contribution >= 4 is 0 Å². The van der Waals surface area contributed by atoms with E-state index in [1.54, 1.807) is 0 Å². The van der Waals surface area contributed by atoms with E-state index in [0.29, 0.717) is 6.61 Å². The van der Waals surface area contributed by atoms with E-state index in [4.69, 9.17) is 4.74 Å². The molecule has 1 rings (SSSR count). The molecule has 1 aromatic rings. The molecular weight excluding hydrogens is 190 g/mol. The Bertz CT molecular complexity index is 251. The van der Waals surface area contributed by atoms with Crippen LogP contribution in [0.4, 0.5) is 0 Å². The SMILES string of the molecule is CCOC(O)CCCCc1ccncc1. The van der Waals surface area contributed by atoms with E-state index in [-0.39, 0.29) is 0 Å². The van der Waals surface area contributed by atoms with Crippen molar-refractivity contribution in [2.45, 2.75) is 38.9 Å². The maximum atomic E-state index is 9.31. The summed E-state index contributed by atoms with van der Waals surface area (Å²) in [5.74, 6) is 0. The van der Waals surface area contributed by atoms with E-state index in [1.807, 2.05) is 31.5 Å². The normalized spacial score (nSPS) is 12.7. The van der Waals surface area contributed by atoms with Crippen LogP contribution in [0.15, 0.2) is 24.5 Å². The van der Waals surface area contributed by atoms with Crippen LogP contribution in [0.25, 0.3) is 0 Å². The van der Waals surface area contributed by atoms with Crippen LogP contribution in [0.1, 0.15) is 31.7 Å². The van der Waals surface area contributed by atoms with E-state index >= 15 is 0 Å². The van der Waals surface area contributed by atoms with Gasteiger partial charge in [0, 0.05) is 19.0 Å². The maximum Gasteiger partial charge on any atom is 0.154 e. The molecule has 1 unspecified atom stereocenters. The van der Waals surface area contributed by atoms with Crippen molar-refractivity contribution in [1.82, 2.24) is 4.98 Å². The molecule has 0 bridgehead atoms. The lowest BCUT2D eigenvalue weighted by Gasteiger charge is -2.09. The molecule has 0 fully saturated rings. The van der Waals surface area contributed by atoms with Gasteiger partial charge in [-0.3, -0.25) is 4.98 Å². The quantitative estimate of drug-likeness (QED) is 0.552. The molecule has 0 spiro atoms. The maximum absolute atomic E-state index is 9.31. The zero-order chi connectivity index (χ0) is 10.9. The lowest BCUT2D eigenvalue weighted by atomic mass is 10.1. The number of hydrogen-bond donors (Lipinski definition) is 1. The fourth-order valence-electron chi connectivity index (χ4n) is 1.47. The highest BCUT2D eigenvalue weighted by Crippen LogP contribution is 2.07. The lowest BCUT2D eigenvalue weighted by Crippen LogP contribution is -2.11. The fourth-order valence-corrected chi connectivity index (χ4v) is 1.47. The molecule has 15 heavy (non-hydrogen) atoms. The third-order valence-corrected chi connectivity index (χ3v) is 2.27. The Labute approximate surface area is 91.1 Å². The van der Waals surface area contributed by atoms with Crippen LogP contribution >= 0.6 is 0 Å². The van der Waals surface area contributed by atoms with Gasteiger partial charge in [-0.25, -0.2) is 0 Å². The molecule has 0 aliphatic rings. The van der Waals surface area contributed by atoms with Gasteiger partial charge in [0.25, 0.3) is 0 Å². The van der Waals surface area contributed by atoms with Gasteiger partial charge in [0.15, 0.2) is 6.29 Å². The summed E-state index contributed by atoms with van der Waals surface area (Å²) >= 11 is 0. The number of aliphatic hydroxyl groups is 1. The number of aromatic nitrogens is 1. The van der Waals surface area contributed by atoms with Crippen molar-refractivity contribution in [2.24, 2.45) is 0 Å². The number of pyridine rings is 1. The summed E-state index contributed by atoms with van der Waals surface area (Å²) in [5.41, 5.74) is 1.30. The summed E-state index contributed by atoms with van der Waals surface area (Å²) in [6, 6.07) is 4.05. The molecule has 0 saturated carbocycles. The number of aryl methyl sites for hydroxylation is 1. The van der Waals surface area contributed by atoms with Crippen LogP contribution in [-0.4, -0.2) is 23.0 Å². The molecule has 0 aliphatic heterocycles. The second-order valence-electron chi connectivity index (χ2n) is 3.51. The highest BCUT2D eigenvalue weighted by molar-refractivity contribution is 5.09. The predicted molar refractivity (Wildman–Crippen MR) is 59.4 cm³/mol. The minimum Gasteiger partial charge on any atom is -0.368 e. The minimum absolute atomic E-state index is 0.575. The number of nitrogens with zero attached hydrogens (tertiary/aromatic N) is 1. The van der Waals surface area contributed by atoms with Crippen LogP contribution in [0, 0.1) is 0 Å². The van der Waals surface area contributed by atoms with Gasteiger partial charge in [0.05, 0.1) is 0 Å². The summed E-state index contributed by atoms with van der Waals surface area (Å²) in [6.45, 7) is 2.46. The fraction of sp³-hybridized carbons (Fsp3) is 0.583. The zero-order valence-corrected chi connectivity index (χ0v) is 9.22. The van der Waals surface area contributed by atoms with Crippen LogP contribution in [0.5, 0.6) is 0 Å². The monoisotopic (exact) mass is 209 g/mol. The largest absolute Gasteiger partial charge is 0.368 e. The smallest absolute Gasteiger partial charge is 0.154 e. The molecule has 0 saturated heterocycles. The van der Waals surface area contributed by atoms with Crippen LogP contribution in [-0.2, 0) is 11.2 Å². The number of rotatable bonds is 7. The summed E-state index contributed by atoms with van der Waals surface area (Å²) in [4.78, 5) is 3.97. The molecule has 1 N–H and O–H groups in total. The molecule has 84 valence electrons. The Kier molecular flexibility index (Phi) is 5.97. The highest BCUT2D eigenvalue weighted by atomic mass is 16.6. The molecule has 0 amide bonds. The van der Waals surface area contributed by atoms with Gasteiger partial charge in [0.2, 0.25) is 0 Å². The van der Waals surface area contributed by atoms with Crippen LogP contribution < -0.4 is 0 Å². The number of hydrogen-bond acceptors (Lipinski definition) is 3. The molecular formula is C12H19NO2. The first-order chi connectivity index (χ1) is 7.33. The number of unbranched alkanes of at least 4 members (excludes halogenated alkanes) is 1. The molecule has 1 heterocycles. The summed E-state index contributed by atoms with van der Waals surface area (Å²) in [7, 11) is 0. The number of aliphatic hydroxyl groups excluding tert-OH is 1. The molecule has 1 atom stereocenters. The first-order valence-corrected chi connectivity index (χ1v) is 5.51. The highest BCUT2D eigenvalue weighted by Gasteiger charge is 2.01. The van der Waals surface area contributed by atoms with Crippen molar-refractivity contribution in [3.63, 3.8) is 0 Å². The Hall–Kier alpha value is -0.930. The third-order valence-electron chi connectivity index (χ3n) is 2.27. The Morgan fingerprint density at radius 3 is 2.73 bits per heavy atom. The first-order valence-electron chi connectivity index (χ1n) is 5.51. The zero-order valence-electron chi connectivity index (χ0n) is 9.22. The standard InChI is InChI=1S/C12H19NO2/c1-2-15-12(14)6-4-3-5-11-7-9-13-10-8-11/h7-10,12,14H,2-6H2,1H3. The molecule has 0 aromatic carbocycles. The third kappa shape index (κ3) is 5.50. The summed E-state index contributed by atoms with van der Waals surface area (Å²) in [6.07, 6.45) is 6.86. The van der Waals surface area contributed by atoms with Gasteiger partial charge in [-0.05, 0) is 50.3 Å². The van der Waals surface area contributed by atoms with Crippen molar-refractivity contribution < 1.29 is 9.84 Å². The van der Waals surface area contributed by atoms with Crippen molar-refractivity contribution in [1.29, 1.82) is 0 Å². The Morgan fingerprint density at radius 2 is 2.07 bits per heavy atom. The Morgan fingerprint density at radius 1 is 1.33 bits per heavy atom. The Balaban J connectivity index is 2.07. The van der Waals surface area contributed by atoms with Gasteiger partial charge < -0.3 is 9.84 Å². The second-order valence-corrected chi connectivity index (χ2v) is 3.51. The lowest BCUT2D eigenvalue weighted by molar-refractivity contribution is -0.0993. The second kappa shape index (κ2) is 7.37. The molecule has 0 radical (unpaired) electrons. The molecule has 1 aromatic heterocycles. The number of ether oxygens (including phenoxy) is 1. The van der Waals surface area contributed by atoms with Crippen molar-refractivity contribution in [3.8, 4) is 0 Å². The van der Waals surface area contributed by atoms with Crippen molar-refractivity contribution in [2.75, 3.05) is 6.61 Å². The van der Waals surface area contributed by atoms with Gasteiger partial charge in [-0.15, -0.1) is 0 Å². The van der Waals surface area contributed by atoms with Crippen LogP contribution in [0.2, 0.25) is 0 Å². The van der Waals surface area contributed by atoms with Crippen molar-refractivity contribution in [3.05, 3.63) is 30.1 Å². The molecule has 3 nitrogen and oxygen atoms in total. The van der Waals surface area contributed by atoms with E-state index in [2.05, 4.69) is 4.98 Å². The van der Waals surface area contributed by atoms with E-state index in [0.717, 1.165) is 25.7 Å². The average molecular weight is 209 g/mol. The van der Waals surface area contributed by atoms with Gasteiger partial charge >= 0.3 is 0 Å². The first kappa shape index (κ1) is 12.1. The van der Waals surface area contributed by atoms with Gasteiger partial charge in [-0.1, -0.05) is 0 Å². The summed E-state index contributed by atoms with van der Waals surface area (Å²) < 4.78 is 5.04. The predicted octanol–water partition coefficient (Wildman–Crippen LogP) is 2.15. The minimum atomic E-state index is -0.590. The van der Waals surface area contributed by atoms with Gasteiger partial charge in [0.1, 0.15) is 0 Å². The molecule has 3 heteroatoms. The topological polar surface area (TPSA) is 42.4 Å². The van der Waals surface area contributed by atoms with Crippen LogP contribution in [0.3, 0.4) is 0 Å².